The quantitative estimate of drug-likeness (QED) is 0.274. The van der Waals surface area contributed by atoms with E-state index in [1.807, 2.05) is 90.7 Å². The van der Waals surface area contributed by atoms with Gasteiger partial charge in [0, 0.05) is 18.0 Å². The molecule has 41 heavy (non-hydrogen) atoms. The van der Waals surface area contributed by atoms with Gasteiger partial charge in [-0.3, -0.25) is 9.67 Å². The number of aryl methyl sites for hydroxylation is 1. The van der Waals surface area contributed by atoms with Crippen molar-refractivity contribution in [2.24, 2.45) is 7.05 Å². The zero-order valence-corrected chi connectivity index (χ0v) is 22.3. The van der Waals surface area contributed by atoms with Gasteiger partial charge in [-0.1, -0.05) is 97.1 Å². The van der Waals surface area contributed by atoms with Crippen LogP contribution in [-0.2, 0) is 12.6 Å². The maximum Gasteiger partial charge on any atom is 0.207 e. The van der Waals surface area contributed by atoms with Crippen molar-refractivity contribution in [2.75, 3.05) is 5.73 Å². The number of rotatable bonds is 6. The fourth-order valence-electron chi connectivity index (χ4n) is 5.54. The van der Waals surface area contributed by atoms with E-state index in [0.29, 0.717) is 22.8 Å². The summed E-state index contributed by atoms with van der Waals surface area (Å²) in [7, 11) is 1.93. The van der Waals surface area contributed by atoms with Crippen LogP contribution in [0.15, 0.2) is 128 Å². The topological polar surface area (TPSA) is 100 Å². The van der Waals surface area contributed by atoms with E-state index in [2.05, 4.69) is 57.9 Å². The van der Waals surface area contributed by atoms with Crippen molar-refractivity contribution in [1.82, 2.24) is 35.0 Å². The molecule has 3 heterocycles. The number of nitrogens with two attached hydrogens (primary N) is 1. The molecule has 0 fully saturated rings. The maximum atomic E-state index is 6.24. The summed E-state index contributed by atoms with van der Waals surface area (Å²) in [5.74, 6) is 0.429. The van der Waals surface area contributed by atoms with Gasteiger partial charge in [-0.05, 0) is 40.1 Å². The number of hydrogen-bond donors (Lipinski definition) is 1. The van der Waals surface area contributed by atoms with Gasteiger partial charge in [-0.25, -0.2) is 0 Å². The van der Waals surface area contributed by atoms with Crippen molar-refractivity contribution < 1.29 is 0 Å². The van der Waals surface area contributed by atoms with E-state index in [-0.39, 0.29) is 0 Å². The Morgan fingerprint density at radius 1 is 0.707 bits per heavy atom. The highest BCUT2D eigenvalue weighted by molar-refractivity contribution is 5.87. The second kappa shape index (κ2) is 9.84. The molecule has 0 saturated carbocycles. The van der Waals surface area contributed by atoms with Crippen LogP contribution in [0.25, 0.3) is 33.5 Å². The van der Waals surface area contributed by atoms with E-state index in [1.54, 1.807) is 11.0 Å². The fourth-order valence-corrected chi connectivity index (χ4v) is 5.54. The maximum absolute atomic E-state index is 6.24. The number of anilines is 1. The summed E-state index contributed by atoms with van der Waals surface area (Å²) in [5, 5.41) is 19.8. The minimum Gasteiger partial charge on any atom is -0.397 e. The van der Waals surface area contributed by atoms with Gasteiger partial charge in [0.15, 0.2) is 5.54 Å². The third-order valence-electron chi connectivity index (χ3n) is 7.46. The zero-order chi connectivity index (χ0) is 27.8. The first-order valence-corrected chi connectivity index (χ1v) is 13.3. The Morgan fingerprint density at radius 2 is 1.32 bits per heavy atom. The van der Waals surface area contributed by atoms with Crippen LogP contribution in [0.5, 0.6) is 0 Å². The second-order valence-corrected chi connectivity index (χ2v) is 9.92. The lowest BCUT2D eigenvalue weighted by Gasteiger charge is -2.34. The number of hydrogen-bond acceptors (Lipinski definition) is 6. The number of aromatic nitrogens is 7. The van der Waals surface area contributed by atoms with Crippen LogP contribution < -0.4 is 5.73 Å². The first-order valence-electron chi connectivity index (χ1n) is 13.3. The van der Waals surface area contributed by atoms with Crippen LogP contribution in [0.2, 0.25) is 0 Å². The van der Waals surface area contributed by atoms with Gasteiger partial charge >= 0.3 is 0 Å². The highest BCUT2D eigenvalue weighted by Crippen LogP contribution is 2.40. The molecule has 0 aliphatic carbocycles. The summed E-state index contributed by atoms with van der Waals surface area (Å²) in [6, 6.07) is 38.8. The molecule has 8 nitrogen and oxygen atoms in total. The Hall–Kier alpha value is -5.63. The molecule has 0 saturated heterocycles. The first-order chi connectivity index (χ1) is 20.1. The van der Waals surface area contributed by atoms with Crippen molar-refractivity contribution in [3.63, 3.8) is 0 Å². The number of fused-ring (bicyclic) bond motifs is 1. The largest absolute Gasteiger partial charge is 0.397 e. The van der Waals surface area contributed by atoms with Crippen LogP contribution in [0, 0.1) is 0 Å². The lowest BCUT2D eigenvalue weighted by atomic mass is 9.77. The average molecular weight is 535 g/mol. The lowest BCUT2D eigenvalue weighted by Crippen LogP contribution is -2.39. The molecule has 0 atom stereocenters. The van der Waals surface area contributed by atoms with Crippen molar-refractivity contribution in [3.05, 3.63) is 144 Å². The fraction of sp³-hybridized carbons (Fsp3) is 0.0606. The smallest absolute Gasteiger partial charge is 0.207 e. The van der Waals surface area contributed by atoms with E-state index >= 15 is 0 Å². The second-order valence-electron chi connectivity index (χ2n) is 9.92. The van der Waals surface area contributed by atoms with Gasteiger partial charge in [-0.15, -0.1) is 15.0 Å². The Morgan fingerprint density at radius 3 is 1.93 bits per heavy atom. The summed E-state index contributed by atoms with van der Waals surface area (Å²) < 4.78 is 1.85. The molecule has 2 N–H and O–H groups in total. The molecule has 0 amide bonds. The molecule has 7 rings (SSSR count). The highest BCUT2D eigenvalue weighted by atomic mass is 15.6. The van der Waals surface area contributed by atoms with Crippen LogP contribution in [-0.4, -0.2) is 35.0 Å². The van der Waals surface area contributed by atoms with Gasteiger partial charge in [0.25, 0.3) is 0 Å². The van der Waals surface area contributed by atoms with Gasteiger partial charge < -0.3 is 5.73 Å². The Balaban J connectivity index is 1.46. The Kier molecular flexibility index (Phi) is 5.86. The molecule has 198 valence electrons. The summed E-state index contributed by atoms with van der Waals surface area (Å²) in [5.41, 5.74) is 12.3. The predicted octanol–water partition coefficient (Wildman–Crippen LogP) is 5.71. The number of nitrogen functional groups attached to an aromatic ring is 1. The number of tetrazole rings is 1. The molecular formula is C33H26N8. The highest BCUT2D eigenvalue weighted by Gasteiger charge is 2.41. The van der Waals surface area contributed by atoms with E-state index < -0.39 is 5.54 Å². The molecule has 0 bridgehead atoms. The zero-order valence-electron chi connectivity index (χ0n) is 22.3. The minimum atomic E-state index is -0.877. The van der Waals surface area contributed by atoms with E-state index in [4.69, 9.17) is 15.8 Å². The molecule has 4 aromatic carbocycles. The van der Waals surface area contributed by atoms with Crippen LogP contribution >= 0.6 is 0 Å². The minimum absolute atomic E-state index is 0.429. The van der Waals surface area contributed by atoms with Crippen molar-refractivity contribution >= 4 is 16.6 Å². The Labute approximate surface area is 236 Å². The average Bonchev–Trinajstić information content (AvgIpc) is 3.66. The van der Waals surface area contributed by atoms with Crippen molar-refractivity contribution in [2.45, 2.75) is 5.54 Å². The third-order valence-corrected chi connectivity index (χ3v) is 7.46. The monoisotopic (exact) mass is 534 g/mol. The molecule has 7 aromatic rings. The number of nitrogens with zero attached hydrogens (tertiary/aromatic N) is 7. The van der Waals surface area contributed by atoms with Crippen LogP contribution in [0.4, 0.5) is 5.69 Å². The summed E-state index contributed by atoms with van der Waals surface area (Å²) >= 11 is 0. The molecule has 3 aromatic heterocycles. The van der Waals surface area contributed by atoms with Gasteiger partial charge in [0.2, 0.25) is 5.82 Å². The van der Waals surface area contributed by atoms with Crippen molar-refractivity contribution in [1.29, 1.82) is 0 Å². The predicted molar refractivity (Wildman–Crippen MR) is 160 cm³/mol. The van der Waals surface area contributed by atoms with E-state index in [0.717, 1.165) is 33.2 Å². The van der Waals surface area contributed by atoms with Crippen molar-refractivity contribution in [3.8, 4) is 22.6 Å². The summed E-state index contributed by atoms with van der Waals surface area (Å²) in [6.07, 6.45) is 3.50. The van der Waals surface area contributed by atoms with Gasteiger partial charge in [-0.2, -0.15) is 5.10 Å². The number of benzene rings is 4. The van der Waals surface area contributed by atoms with Gasteiger partial charge in [0.05, 0.1) is 34.9 Å². The molecule has 0 aliphatic heterocycles. The third kappa shape index (κ3) is 4.04. The summed E-state index contributed by atoms with van der Waals surface area (Å²) in [4.78, 5) is 6.42. The number of pyridine rings is 1. The van der Waals surface area contributed by atoms with Crippen LogP contribution in [0.3, 0.4) is 0 Å². The molecule has 0 spiro atoms. The molecule has 0 unspecified atom stereocenters. The standard InChI is InChI=1S/C33H26N8/c1-40-30-18-17-23(19-24(30)21-36-40)31-29(20-28(34)22-35-31)32-37-39-41(38-32)33(25-11-5-2-6-12-25,26-13-7-3-8-14-26)27-15-9-4-10-16-27/h2-22H,34H2,1H3. The van der Waals surface area contributed by atoms with Gasteiger partial charge in [0.1, 0.15) is 0 Å². The summed E-state index contributed by atoms with van der Waals surface area (Å²) in [6.45, 7) is 0. The molecule has 0 aliphatic rings. The first kappa shape index (κ1) is 24.4. The van der Waals surface area contributed by atoms with E-state index in [9.17, 15) is 0 Å². The van der Waals surface area contributed by atoms with E-state index in [1.165, 1.54) is 0 Å². The Bertz CT molecular complexity index is 1860. The SMILES string of the molecule is Cn1ncc2cc(-c3ncc(N)cc3-c3nnn(C(c4ccccc4)(c4ccccc4)c4ccccc4)n3)ccc21. The lowest BCUT2D eigenvalue weighted by molar-refractivity contribution is 0.396. The normalized spacial score (nSPS) is 11.6. The van der Waals surface area contributed by atoms with Crippen LogP contribution in [0.1, 0.15) is 16.7 Å². The molecular weight excluding hydrogens is 508 g/mol. The molecule has 8 heteroatoms. The molecule has 0 radical (unpaired) electrons.